The molecule has 1 aliphatic rings. The van der Waals surface area contributed by atoms with Crippen LogP contribution in [0.5, 0.6) is 0 Å². The fraction of sp³-hybridized carbons (Fsp3) is 0.154. The molecule has 21 heavy (non-hydrogen) atoms. The molecule has 8 heteroatoms. The number of para-hydroxylation sites is 1. The summed E-state index contributed by atoms with van der Waals surface area (Å²) < 4.78 is 26.7. The molecule has 7 nitrogen and oxygen atoms in total. The van der Waals surface area contributed by atoms with Crippen molar-refractivity contribution >= 4 is 27.4 Å². The van der Waals surface area contributed by atoms with Gasteiger partial charge in [-0.3, -0.25) is 0 Å². The molecule has 1 aliphatic heterocycles. The van der Waals surface area contributed by atoms with E-state index in [1.54, 1.807) is 37.3 Å². The van der Waals surface area contributed by atoms with E-state index in [1.165, 1.54) is 12.4 Å². The molecule has 0 amide bonds. The van der Waals surface area contributed by atoms with Crippen LogP contribution in [0.15, 0.2) is 52.7 Å². The lowest BCUT2D eigenvalue weighted by atomic mass is 10.2. The molecule has 0 radical (unpaired) electrons. The first kappa shape index (κ1) is 13.7. The van der Waals surface area contributed by atoms with E-state index in [0.29, 0.717) is 5.69 Å². The molecule has 0 aliphatic carbocycles. The van der Waals surface area contributed by atoms with E-state index in [-0.39, 0.29) is 16.7 Å². The maximum Gasteiger partial charge on any atom is 0.291 e. The van der Waals surface area contributed by atoms with E-state index in [2.05, 4.69) is 15.0 Å². The predicted octanol–water partition coefficient (Wildman–Crippen LogP) is 1.06. The third-order valence-electron chi connectivity index (χ3n) is 2.96. The van der Waals surface area contributed by atoms with E-state index in [4.69, 9.17) is 5.73 Å². The van der Waals surface area contributed by atoms with Gasteiger partial charge in [0, 0.05) is 12.4 Å². The SMILES string of the molecule is CC(N)C1=Nc2nccnc2S(=O)(=O)N1c1ccccc1. The van der Waals surface area contributed by atoms with E-state index >= 15 is 0 Å². The molecule has 2 heterocycles. The second-order valence-corrected chi connectivity index (χ2v) is 6.25. The molecule has 0 saturated carbocycles. The number of anilines is 1. The van der Waals surface area contributed by atoms with Crippen molar-refractivity contribution in [3.63, 3.8) is 0 Å². The lowest BCUT2D eigenvalue weighted by Crippen LogP contribution is -2.47. The molecule has 1 unspecified atom stereocenters. The third-order valence-corrected chi connectivity index (χ3v) is 4.61. The van der Waals surface area contributed by atoms with Crippen LogP contribution in [0.4, 0.5) is 11.5 Å². The lowest BCUT2D eigenvalue weighted by Gasteiger charge is -2.30. The summed E-state index contributed by atoms with van der Waals surface area (Å²) in [5, 5.41) is -0.168. The quantitative estimate of drug-likeness (QED) is 0.894. The fourth-order valence-electron chi connectivity index (χ4n) is 2.06. The number of fused-ring (bicyclic) bond motifs is 1. The first-order chi connectivity index (χ1) is 10.0. The van der Waals surface area contributed by atoms with Crippen molar-refractivity contribution in [2.45, 2.75) is 18.0 Å². The molecular weight excluding hydrogens is 290 g/mol. The molecule has 0 spiro atoms. The second-order valence-electron chi connectivity index (χ2n) is 4.55. The van der Waals surface area contributed by atoms with Gasteiger partial charge in [0.05, 0.1) is 11.7 Å². The standard InChI is InChI=1S/C13H13N5O2S/c1-9(14)12-17-11-13(16-8-7-15-11)21(19,20)18(12)10-5-3-2-4-6-10/h2-9H,14H2,1H3. The Kier molecular flexibility index (Phi) is 3.19. The second kappa shape index (κ2) is 4.90. The summed E-state index contributed by atoms with van der Waals surface area (Å²) in [5.74, 6) is 0.284. The highest BCUT2D eigenvalue weighted by atomic mass is 32.2. The number of amidine groups is 1. The summed E-state index contributed by atoms with van der Waals surface area (Å²) in [7, 11) is -3.88. The Labute approximate surface area is 122 Å². The molecule has 1 atom stereocenters. The zero-order valence-electron chi connectivity index (χ0n) is 11.2. The molecule has 1 aromatic carbocycles. The van der Waals surface area contributed by atoms with Crippen LogP contribution >= 0.6 is 0 Å². The predicted molar refractivity (Wildman–Crippen MR) is 78.9 cm³/mol. The first-order valence-corrected chi connectivity index (χ1v) is 7.71. The Morgan fingerprint density at radius 2 is 1.81 bits per heavy atom. The third kappa shape index (κ3) is 2.18. The maximum atomic E-state index is 12.8. The highest BCUT2D eigenvalue weighted by molar-refractivity contribution is 7.93. The number of rotatable bonds is 2. The zero-order valence-corrected chi connectivity index (χ0v) is 12.0. The van der Waals surface area contributed by atoms with Crippen molar-refractivity contribution in [3.05, 3.63) is 42.7 Å². The van der Waals surface area contributed by atoms with Crippen molar-refractivity contribution in [3.8, 4) is 0 Å². The van der Waals surface area contributed by atoms with Crippen LogP contribution in [0.1, 0.15) is 6.92 Å². The van der Waals surface area contributed by atoms with Gasteiger partial charge >= 0.3 is 0 Å². The average Bonchev–Trinajstić information content (AvgIpc) is 2.47. The Hall–Kier alpha value is -2.32. The summed E-state index contributed by atoms with van der Waals surface area (Å²) in [4.78, 5) is 12.1. The van der Waals surface area contributed by atoms with Gasteiger partial charge < -0.3 is 5.73 Å². The highest BCUT2D eigenvalue weighted by Gasteiger charge is 2.38. The van der Waals surface area contributed by atoms with Gasteiger partial charge in [-0.25, -0.2) is 19.3 Å². The molecule has 0 fully saturated rings. The van der Waals surface area contributed by atoms with Crippen LogP contribution in [0.2, 0.25) is 0 Å². The van der Waals surface area contributed by atoms with Crippen molar-refractivity contribution in [1.29, 1.82) is 0 Å². The minimum Gasteiger partial charge on any atom is -0.322 e. The van der Waals surface area contributed by atoms with Crippen LogP contribution in [0.25, 0.3) is 0 Å². The van der Waals surface area contributed by atoms with Gasteiger partial charge in [0.15, 0.2) is 5.82 Å². The van der Waals surface area contributed by atoms with Crippen LogP contribution in [-0.4, -0.2) is 30.3 Å². The van der Waals surface area contributed by atoms with Crippen LogP contribution in [0, 0.1) is 0 Å². The van der Waals surface area contributed by atoms with E-state index in [9.17, 15) is 8.42 Å². The van der Waals surface area contributed by atoms with Gasteiger partial charge in [-0.1, -0.05) is 18.2 Å². The molecule has 3 rings (SSSR count). The normalized spacial score (nSPS) is 17.8. The number of nitrogens with zero attached hydrogens (tertiary/aromatic N) is 4. The molecule has 2 aromatic rings. The van der Waals surface area contributed by atoms with Crippen LogP contribution < -0.4 is 10.0 Å². The number of hydrogen-bond acceptors (Lipinski definition) is 6. The fourth-order valence-corrected chi connectivity index (χ4v) is 3.61. The zero-order chi connectivity index (χ0) is 15.0. The van der Waals surface area contributed by atoms with E-state index < -0.39 is 16.1 Å². The topological polar surface area (TPSA) is 102 Å². The number of sulfonamides is 1. The summed E-state index contributed by atoms with van der Waals surface area (Å²) in [6.45, 7) is 1.67. The van der Waals surface area contributed by atoms with E-state index in [0.717, 1.165) is 4.31 Å². The van der Waals surface area contributed by atoms with Crippen LogP contribution in [-0.2, 0) is 10.0 Å². The van der Waals surface area contributed by atoms with Crippen molar-refractivity contribution in [2.24, 2.45) is 10.7 Å². The highest BCUT2D eigenvalue weighted by Crippen LogP contribution is 2.32. The smallest absolute Gasteiger partial charge is 0.291 e. The van der Waals surface area contributed by atoms with Crippen LogP contribution in [0.3, 0.4) is 0 Å². The maximum absolute atomic E-state index is 12.8. The van der Waals surface area contributed by atoms with Crippen molar-refractivity contribution in [1.82, 2.24) is 9.97 Å². The summed E-state index contributed by atoms with van der Waals surface area (Å²) in [5.41, 5.74) is 6.35. The van der Waals surface area contributed by atoms with Gasteiger partial charge in [-0.15, -0.1) is 0 Å². The Balaban J connectivity index is 2.29. The Bertz CT molecular complexity index is 802. The van der Waals surface area contributed by atoms with E-state index in [1.807, 2.05) is 0 Å². The van der Waals surface area contributed by atoms with Gasteiger partial charge in [-0.2, -0.15) is 8.42 Å². The Morgan fingerprint density at radius 3 is 2.48 bits per heavy atom. The van der Waals surface area contributed by atoms with Gasteiger partial charge in [-0.05, 0) is 19.1 Å². The molecule has 2 N–H and O–H groups in total. The molecule has 0 bridgehead atoms. The summed E-state index contributed by atoms with van der Waals surface area (Å²) in [6.07, 6.45) is 2.72. The molecular formula is C13H13N5O2S. The van der Waals surface area contributed by atoms with Gasteiger partial charge in [0.1, 0.15) is 5.84 Å². The number of benzene rings is 1. The van der Waals surface area contributed by atoms with Gasteiger partial charge in [0.25, 0.3) is 10.0 Å². The molecule has 108 valence electrons. The van der Waals surface area contributed by atoms with Gasteiger partial charge in [0.2, 0.25) is 5.03 Å². The lowest BCUT2D eigenvalue weighted by molar-refractivity contribution is 0.591. The average molecular weight is 303 g/mol. The number of hydrogen-bond donors (Lipinski definition) is 1. The Morgan fingerprint density at radius 1 is 1.14 bits per heavy atom. The largest absolute Gasteiger partial charge is 0.322 e. The number of aromatic nitrogens is 2. The number of nitrogens with two attached hydrogens (primary N) is 1. The summed E-state index contributed by atoms with van der Waals surface area (Å²) >= 11 is 0. The minimum atomic E-state index is -3.88. The summed E-state index contributed by atoms with van der Waals surface area (Å²) in [6, 6.07) is 8.07. The van der Waals surface area contributed by atoms with Crippen molar-refractivity contribution in [2.75, 3.05) is 4.31 Å². The molecule has 1 aromatic heterocycles. The first-order valence-electron chi connectivity index (χ1n) is 6.27. The number of aliphatic imine (C=N–C) groups is 1. The molecule has 0 saturated heterocycles. The monoisotopic (exact) mass is 303 g/mol. The minimum absolute atomic E-state index is 0.0666. The van der Waals surface area contributed by atoms with Crippen molar-refractivity contribution < 1.29 is 8.42 Å².